The first-order valence-electron chi connectivity index (χ1n) is 8.06. The van der Waals surface area contributed by atoms with Crippen LogP contribution in [0.2, 0.25) is 0 Å². The third-order valence-electron chi connectivity index (χ3n) is 4.18. The second-order valence-electron chi connectivity index (χ2n) is 5.85. The van der Waals surface area contributed by atoms with E-state index in [0.29, 0.717) is 25.9 Å². The smallest absolute Gasteiger partial charge is 0.243 e. The Hall–Kier alpha value is -1.22. The molecule has 5 nitrogen and oxygen atoms in total. The van der Waals surface area contributed by atoms with Crippen LogP contribution in [-0.2, 0) is 21.2 Å². The highest BCUT2D eigenvalue weighted by Crippen LogP contribution is 2.27. The van der Waals surface area contributed by atoms with Gasteiger partial charge in [-0.25, -0.2) is 8.42 Å². The molecule has 1 aromatic carbocycles. The number of amides is 1. The molecule has 2 aromatic rings. The van der Waals surface area contributed by atoms with Gasteiger partial charge in [0.2, 0.25) is 15.9 Å². The molecular formula is C17H19BrN2O3S2. The van der Waals surface area contributed by atoms with Crippen molar-refractivity contribution in [2.45, 2.75) is 30.2 Å². The van der Waals surface area contributed by atoms with Gasteiger partial charge in [0, 0.05) is 22.4 Å². The van der Waals surface area contributed by atoms with Crippen molar-refractivity contribution in [3.05, 3.63) is 51.1 Å². The topological polar surface area (TPSA) is 66.5 Å². The third kappa shape index (κ3) is 4.31. The summed E-state index contributed by atoms with van der Waals surface area (Å²) in [6, 6.07) is 9.88. The van der Waals surface area contributed by atoms with Crippen LogP contribution in [0.25, 0.3) is 0 Å². The summed E-state index contributed by atoms with van der Waals surface area (Å²) in [5.74, 6) is -0.213. The first-order valence-corrected chi connectivity index (χ1v) is 11.2. The molecule has 0 spiro atoms. The van der Waals surface area contributed by atoms with Gasteiger partial charge in [0.15, 0.2) is 0 Å². The van der Waals surface area contributed by atoms with Gasteiger partial charge in [-0.2, -0.15) is 4.31 Å². The normalized spacial score (nSPS) is 18.4. The molecule has 1 fully saturated rings. The number of hydrogen-bond donors (Lipinski definition) is 1. The predicted octanol–water partition coefficient (Wildman–Crippen LogP) is 3.02. The van der Waals surface area contributed by atoms with Crippen molar-refractivity contribution in [2.24, 2.45) is 0 Å². The van der Waals surface area contributed by atoms with E-state index in [0.717, 1.165) is 10.9 Å². The Morgan fingerprint density at radius 3 is 2.72 bits per heavy atom. The monoisotopic (exact) mass is 442 g/mol. The maximum Gasteiger partial charge on any atom is 0.243 e. The van der Waals surface area contributed by atoms with Crippen molar-refractivity contribution in [2.75, 3.05) is 13.1 Å². The van der Waals surface area contributed by atoms with Gasteiger partial charge in [-0.05, 0) is 55.0 Å². The molecule has 1 atom stereocenters. The standard InChI is InChI=1S/C17H19BrN2O3S2/c18-13-5-7-15(8-6-13)25(22,23)20-11-1-4-16(20)17(21)19-10-9-14-3-2-12-24-14/h2-3,5-8,12,16H,1,4,9-11H2,(H,19,21). The molecular weight excluding hydrogens is 424 g/mol. The molecule has 0 radical (unpaired) electrons. The minimum absolute atomic E-state index is 0.213. The second-order valence-corrected chi connectivity index (χ2v) is 9.69. The number of nitrogens with one attached hydrogen (secondary N) is 1. The van der Waals surface area contributed by atoms with E-state index in [1.165, 1.54) is 9.18 Å². The van der Waals surface area contributed by atoms with E-state index in [4.69, 9.17) is 0 Å². The molecule has 2 heterocycles. The molecule has 0 bridgehead atoms. The zero-order chi connectivity index (χ0) is 17.9. The summed E-state index contributed by atoms with van der Waals surface area (Å²) in [5.41, 5.74) is 0. The fourth-order valence-corrected chi connectivity index (χ4v) is 5.54. The van der Waals surface area contributed by atoms with E-state index >= 15 is 0 Å². The van der Waals surface area contributed by atoms with Crippen LogP contribution >= 0.6 is 27.3 Å². The van der Waals surface area contributed by atoms with E-state index in [1.54, 1.807) is 35.6 Å². The van der Waals surface area contributed by atoms with Crippen molar-refractivity contribution < 1.29 is 13.2 Å². The molecule has 0 aliphatic carbocycles. The Morgan fingerprint density at radius 2 is 2.04 bits per heavy atom. The summed E-state index contributed by atoms with van der Waals surface area (Å²) in [6.07, 6.45) is 2.01. The van der Waals surface area contributed by atoms with Gasteiger partial charge < -0.3 is 5.32 Å². The number of nitrogens with zero attached hydrogens (tertiary/aromatic N) is 1. The predicted molar refractivity (Wildman–Crippen MR) is 102 cm³/mol. The molecule has 25 heavy (non-hydrogen) atoms. The fourth-order valence-electron chi connectivity index (χ4n) is 2.91. The molecule has 1 N–H and O–H groups in total. The summed E-state index contributed by atoms with van der Waals surface area (Å²) >= 11 is 4.95. The Labute approximate surface area is 160 Å². The maximum absolute atomic E-state index is 12.9. The first-order chi connectivity index (χ1) is 12.0. The van der Waals surface area contributed by atoms with Crippen LogP contribution in [0.15, 0.2) is 51.1 Å². The van der Waals surface area contributed by atoms with Crippen LogP contribution in [0.4, 0.5) is 0 Å². The number of thiophene rings is 1. The molecule has 134 valence electrons. The van der Waals surface area contributed by atoms with Crippen molar-refractivity contribution in [3.63, 3.8) is 0 Å². The highest BCUT2D eigenvalue weighted by Gasteiger charge is 2.39. The second kappa shape index (κ2) is 7.99. The molecule has 1 unspecified atom stereocenters. The number of rotatable bonds is 6. The van der Waals surface area contributed by atoms with E-state index in [9.17, 15) is 13.2 Å². The number of sulfonamides is 1. The number of benzene rings is 1. The Balaban J connectivity index is 1.66. The van der Waals surface area contributed by atoms with Crippen LogP contribution < -0.4 is 5.32 Å². The lowest BCUT2D eigenvalue weighted by atomic mass is 10.2. The summed E-state index contributed by atoms with van der Waals surface area (Å²) < 4.78 is 27.9. The summed E-state index contributed by atoms with van der Waals surface area (Å²) in [5, 5.41) is 4.88. The maximum atomic E-state index is 12.9. The van der Waals surface area contributed by atoms with Crippen LogP contribution in [0.1, 0.15) is 17.7 Å². The minimum Gasteiger partial charge on any atom is -0.354 e. The molecule has 1 aliphatic rings. The van der Waals surface area contributed by atoms with Crippen molar-refractivity contribution in [1.29, 1.82) is 0 Å². The number of carbonyl (C=O) groups excluding carboxylic acids is 1. The number of halogens is 1. The van der Waals surface area contributed by atoms with Gasteiger partial charge in [-0.15, -0.1) is 11.3 Å². The molecule has 1 saturated heterocycles. The van der Waals surface area contributed by atoms with Crippen molar-refractivity contribution in [3.8, 4) is 0 Å². The average Bonchev–Trinajstić information content (AvgIpc) is 3.27. The molecule has 0 saturated carbocycles. The van der Waals surface area contributed by atoms with E-state index in [-0.39, 0.29) is 10.8 Å². The van der Waals surface area contributed by atoms with Gasteiger partial charge in [-0.3, -0.25) is 4.79 Å². The lowest BCUT2D eigenvalue weighted by Crippen LogP contribution is -2.46. The minimum atomic E-state index is -3.66. The van der Waals surface area contributed by atoms with Crippen LogP contribution in [-0.4, -0.2) is 37.8 Å². The van der Waals surface area contributed by atoms with Crippen molar-refractivity contribution in [1.82, 2.24) is 9.62 Å². The van der Waals surface area contributed by atoms with Gasteiger partial charge in [0.25, 0.3) is 0 Å². The summed E-state index contributed by atoms with van der Waals surface area (Å²) in [7, 11) is -3.66. The van der Waals surface area contributed by atoms with Crippen molar-refractivity contribution >= 4 is 43.2 Å². The lowest BCUT2D eigenvalue weighted by Gasteiger charge is -2.23. The van der Waals surface area contributed by atoms with Crippen LogP contribution in [0.3, 0.4) is 0 Å². The van der Waals surface area contributed by atoms with E-state index in [2.05, 4.69) is 21.2 Å². The lowest BCUT2D eigenvalue weighted by molar-refractivity contribution is -0.124. The Bertz CT molecular complexity index is 820. The largest absolute Gasteiger partial charge is 0.354 e. The summed E-state index contributed by atoms with van der Waals surface area (Å²) in [6.45, 7) is 0.892. The number of hydrogen-bond acceptors (Lipinski definition) is 4. The van der Waals surface area contributed by atoms with Crippen LogP contribution in [0, 0.1) is 0 Å². The average molecular weight is 443 g/mol. The van der Waals surface area contributed by atoms with Gasteiger partial charge in [-0.1, -0.05) is 22.0 Å². The molecule has 1 amide bonds. The Kier molecular flexibility index (Phi) is 5.93. The van der Waals surface area contributed by atoms with Gasteiger partial charge >= 0.3 is 0 Å². The molecule has 3 rings (SSSR count). The summed E-state index contributed by atoms with van der Waals surface area (Å²) in [4.78, 5) is 13.9. The van der Waals surface area contributed by atoms with Crippen LogP contribution in [0.5, 0.6) is 0 Å². The van der Waals surface area contributed by atoms with E-state index < -0.39 is 16.1 Å². The quantitative estimate of drug-likeness (QED) is 0.747. The zero-order valence-corrected chi connectivity index (χ0v) is 16.7. The molecule has 1 aliphatic heterocycles. The van der Waals surface area contributed by atoms with Gasteiger partial charge in [0.1, 0.15) is 6.04 Å². The molecule has 1 aromatic heterocycles. The molecule has 8 heteroatoms. The SMILES string of the molecule is O=C(NCCc1cccs1)C1CCCN1S(=O)(=O)c1ccc(Br)cc1. The number of carbonyl (C=O) groups is 1. The highest BCUT2D eigenvalue weighted by molar-refractivity contribution is 9.10. The highest BCUT2D eigenvalue weighted by atomic mass is 79.9. The van der Waals surface area contributed by atoms with E-state index in [1.807, 2.05) is 17.5 Å². The Morgan fingerprint density at radius 1 is 1.28 bits per heavy atom. The third-order valence-corrected chi connectivity index (χ3v) is 7.56. The first kappa shape index (κ1) is 18.6. The fraction of sp³-hybridized carbons (Fsp3) is 0.353. The zero-order valence-electron chi connectivity index (χ0n) is 13.5. The van der Waals surface area contributed by atoms with Gasteiger partial charge in [0.05, 0.1) is 4.90 Å².